The van der Waals surface area contributed by atoms with E-state index in [-0.39, 0.29) is 17.9 Å². The smallest absolute Gasteiger partial charge is 0.240 e. The zero-order chi connectivity index (χ0) is 13.9. The maximum atomic E-state index is 12.0. The standard InChI is InChI=1S/C13H14N2O3S/c14-13(16)7-8-15-19(17,18)12-6-5-10-3-1-2-4-11(10)9-12/h1-6,9,15H,7-8H2,(H2,14,16). The van der Waals surface area contributed by atoms with E-state index < -0.39 is 15.9 Å². The average Bonchev–Trinajstić information content (AvgIpc) is 2.37. The molecular formula is C13H14N2O3S. The predicted octanol–water partition coefficient (Wildman–Crippen LogP) is 0.993. The first kappa shape index (κ1) is 13.5. The van der Waals surface area contributed by atoms with E-state index in [2.05, 4.69) is 4.72 Å². The second-order valence-electron chi connectivity index (χ2n) is 4.12. The van der Waals surface area contributed by atoms with Crippen LogP contribution in [0.4, 0.5) is 0 Å². The monoisotopic (exact) mass is 278 g/mol. The molecule has 0 radical (unpaired) electrons. The summed E-state index contributed by atoms with van der Waals surface area (Å²) in [5.41, 5.74) is 4.96. The SMILES string of the molecule is NC(=O)CCNS(=O)(=O)c1ccc2ccccc2c1. The van der Waals surface area contributed by atoms with Crippen molar-refractivity contribution in [1.82, 2.24) is 4.72 Å². The molecule has 0 heterocycles. The molecular weight excluding hydrogens is 264 g/mol. The van der Waals surface area contributed by atoms with Gasteiger partial charge >= 0.3 is 0 Å². The highest BCUT2D eigenvalue weighted by Gasteiger charge is 2.13. The summed E-state index contributed by atoms with van der Waals surface area (Å²) in [4.78, 5) is 10.8. The van der Waals surface area contributed by atoms with Crippen LogP contribution in [-0.4, -0.2) is 20.9 Å². The minimum atomic E-state index is -3.61. The Morgan fingerprint density at radius 2 is 1.79 bits per heavy atom. The third-order valence-electron chi connectivity index (χ3n) is 2.69. The van der Waals surface area contributed by atoms with E-state index in [1.807, 2.05) is 24.3 Å². The zero-order valence-corrected chi connectivity index (χ0v) is 11.0. The van der Waals surface area contributed by atoms with Crippen LogP contribution in [0.2, 0.25) is 0 Å². The maximum Gasteiger partial charge on any atom is 0.240 e. The molecule has 0 aliphatic heterocycles. The van der Waals surface area contributed by atoms with Crippen molar-refractivity contribution < 1.29 is 13.2 Å². The fraction of sp³-hybridized carbons (Fsp3) is 0.154. The lowest BCUT2D eigenvalue weighted by atomic mass is 10.1. The fourth-order valence-corrected chi connectivity index (χ4v) is 2.79. The van der Waals surface area contributed by atoms with E-state index >= 15 is 0 Å². The quantitative estimate of drug-likeness (QED) is 0.854. The van der Waals surface area contributed by atoms with E-state index in [4.69, 9.17) is 5.73 Å². The molecule has 0 saturated carbocycles. The third kappa shape index (κ3) is 3.30. The number of carbonyl (C=O) groups excluding carboxylic acids is 1. The van der Waals surface area contributed by atoms with Gasteiger partial charge in [0.2, 0.25) is 15.9 Å². The van der Waals surface area contributed by atoms with E-state index in [0.29, 0.717) is 0 Å². The van der Waals surface area contributed by atoms with Crippen LogP contribution in [0, 0.1) is 0 Å². The van der Waals surface area contributed by atoms with Crippen molar-refractivity contribution in [3.05, 3.63) is 42.5 Å². The van der Waals surface area contributed by atoms with E-state index in [0.717, 1.165) is 10.8 Å². The predicted molar refractivity (Wildman–Crippen MR) is 72.9 cm³/mol. The van der Waals surface area contributed by atoms with Gasteiger partial charge in [0.15, 0.2) is 0 Å². The number of nitrogens with two attached hydrogens (primary N) is 1. The van der Waals surface area contributed by atoms with Crippen LogP contribution >= 0.6 is 0 Å². The van der Waals surface area contributed by atoms with Gasteiger partial charge in [0.05, 0.1) is 4.90 Å². The van der Waals surface area contributed by atoms with Crippen molar-refractivity contribution in [1.29, 1.82) is 0 Å². The molecule has 3 N–H and O–H groups in total. The topological polar surface area (TPSA) is 89.3 Å². The van der Waals surface area contributed by atoms with Crippen LogP contribution in [0.1, 0.15) is 6.42 Å². The molecule has 0 aliphatic rings. The molecule has 2 aromatic carbocycles. The number of hydrogen-bond donors (Lipinski definition) is 2. The number of carbonyl (C=O) groups is 1. The number of amides is 1. The van der Waals surface area contributed by atoms with Crippen LogP contribution in [0.25, 0.3) is 10.8 Å². The molecule has 19 heavy (non-hydrogen) atoms. The highest BCUT2D eigenvalue weighted by Crippen LogP contribution is 2.18. The van der Waals surface area contributed by atoms with Crippen molar-refractivity contribution in [2.75, 3.05) is 6.54 Å². The first-order valence-corrected chi connectivity index (χ1v) is 7.24. The molecule has 0 atom stereocenters. The van der Waals surface area contributed by atoms with Gasteiger partial charge in [0.25, 0.3) is 0 Å². The molecule has 0 saturated heterocycles. The number of nitrogens with one attached hydrogen (secondary N) is 1. The number of hydrogen-bond acceptors (Lipinski definition) is 3. The second kappa shape index (κ2) is 5.38. The van der Waals surface area contributed by atoms with Gasteiger partial charge in [-0.1, -0.05) is 30.3 Å². The number of fused-ring (bicyclic) bond motifs is 1. The lowest BCUT2D eigenvalue weighted by Crippen LogP contribution is -2.28. The van der Waals surface area contributed by atoms with Crippen molar-refractivity contribution in [2.45, 2.75) is 11.3 Å². The Hall–Kier alpha value is -1.92. The summed E-state index contributed by atoms with van der Waals surface area (Å²) >= 11 is 0. The number of rotatable bonds is 5. The molecule has 100 valence electrons. The first-order valence-electron chi connectivity index (χ1n) is 5.76. The Morgan fingerprint density at radius 1 is 1.11 bits per heavy atom. The number of sulfonamides is 1. The Morgan fingerprint density at radius 3 is 2.47 bits per heavy atom. The van der Waals surface area contributed by atoms with Gasteiger partial charge in [-0.2, -0.15) is 0 Å². The minimum Gasteiger partial charge on any atom is -0.370 e. The van der Waals surface area contributed by atoms with Crippen molar-refractivity contribution in [3.8, 4) is 0 Å². The van der Waals surface area contributed by atoms with Crippen LogP contribution in [0.15, 0.2) is 47.4 Å². The summed E-state index contributed by atoms with van der Waals surface area (Å²) in [7, 11) is -3.61. The molecule has 2 aromatic rings. The van der Waals surface area contributed by atoms with Gasteiger partial charge in [-0.05, 0) is 22.9 Å². The molecule has 0 aromatic heterocycles. The highest BCUT2D eigenvalue weighted by atomic mass is 32.2. The van der Waals surface area contributed by atoms with Crippen molar-refractivity contribution in [3.63, 3.8) is 0 Å². The molecule has 0 aliphatic carbocycles. The van der Waals surface area contributed by atoms with Gasteiger partial charge in [0.1, 0.15) is 0 Å². The third-order valence-corrected chi connectivity index (χ3v) is 4.15. The number of benzene rings is 2. The van der Waals surface area contributed by atoms with E-state index in [1.165, 1.54) is 6.07 Å². The van der Waals surface area contributed by atoms with Crippen LogP contribution < -0.4 is 10.5 Å². The lowest BCUT2D eigenvalue weighted by Gasteiger charge is -2.07. The first-order chi connectivity index (χ1) is 8.99. The molecule has 0 unspecified atom stereocenters. The summed E-state index contributed by atoms with van der Waals surface area (Å²) in [6.07, 6.45) is -0.0210. The Kier molecular flexibility index (Phi) is 3.82. The summed E-state index contributed by atoms with van der Waals surface area (Å²) in [6.45, 7) is 0.00446. The lowest BCUT2D eigenvalue weighted by molar-refractivity contribution is -0.117. The number of primary amides is 1. The Labute approximate surface area is 111 Å². The molecule has 5 nitrogen and oxygen atoms in total. The van der Waals surface area contributed by atoms with Gasteiger partial charge in [-0.15, -0.1) is 0 Å². The van der Waals surface area contributed by atoms with Gasteiger partial charge in [-0.25, -0.2) is 13.1 Å². The molecule has 6 heteroatoms. The maximum absolute atomic E-state index is 12.0. The normalized spacial score (nSPS) is 11.6. The van der Waals surface area contributed by atoms with Gasteiger partial charge in [0, 0.05) is 13.0 Å². The van der Waals surface area contributed by atoms with E-state index in [9.17, 15) is 13.2 Å². The van der Waals surface area contributed by atoms with Crippen molar-refractivity contribution >= 4 is 26.7 Å². The van der Waals surface area contributed by atoms with Crippen LogP contribution in [0.5, 0.6) is 0 Å². The van der Waals surface area contributed by atoms with E-state index in [1.54, 1.807) is 12.1 Å². The minimum absolute atomic E-state index is 0.00446. The molecule has 2 rings (SSSR count). The van der Waals surface area contributed by atoms with Crippen LogP contribution in [0.3, 0.4) is 0 Å². The Bertz CT molecular complexity index is 711. The summed E-state index contributed by atoms with van der Waals surface area (Å²) in [5.74, 6) is -0.541. The molecule has 1 amide bonds. The van der Waals surface area contributed by atoms with Gasteiger partial charge in [-0.3, -0.25) is 4.79 Å². The summed E-state index contributed by atoms with van der Waals surface area (Å²) < 4.78 is 26.3. The average molecular weight is 278 g/mol. The molecule has 0 fully saturated rings. The summed E-state index contributed by atoms with van der Waals surface area (Å²) in [5, 5.41) is 1.82. The van der Waals surface area contributed by atoms with Crippen LogP contribution in [-0.2, 0) is 14.8 Å². The van der Waals surface area contributed by atoms with Crippen molar-refractivity contribution in [2.24, 2.45) is 5.73 Å². The highest BCUT2D eigenvalue weighted by molar-refractivity contribution is 7.89. The Balaban J connectivity index is 2.25. The fourth-order valence-electron chi connectivity index (χ4n) is 1.73. The zero-order valence-electron chi connectivity index (χ0n) is 10.2. The second-order valence-corrected chi connectivity index (χ2v) is 5.89. The largest absolute Gasteiger partial charge is 0.370 e. The van der Waals surface area contributed by atoms with Gasteiger partial charge < -0.3 is 5.73 Å². The molecule has 0 bridgehead atoms. The molecule has 0 spiro atoms. The summed E-state index contributed by atoms with van der Waals surface area (Å²) in [6, 6.07) is 12.4.